The summed E-state index contributed by atoms with van der Waals surface area (Å²) in [4.78, 5) is 11.9. The molecule has 0 aliphatic carbocycles. The van der Waals surface area contributed by atoms with Crippen molar-refractivity contribution >= 4 is 29.1 Å². The van der Waals surface area contributed by atoms with Crippen LogP contribution >= 0.6 is 11.8 Å². The first-order valence-corrected chi connectivity index (χ1v) is 11.3. The maximum Gasteiger partial charge on any atom is 0.416 e. The first-order chi connectivity index (χ1) is 15.0. The number of halogens is 3. The van der Waals surface area contributed by atoms with Gasteiger partial charge in [-0.15, -0.1) is 11.8 Å². The molecule has 0 spiro atoms. The molecule has 4 nitrogen and oxygen atoms in total. The number of alkyl halides is 3. The van der Waals surface area contributed by atoms with Gasteiger partial charge in [-0.25, -0.2) is 0 Å². The van der Waals surface area contributed by atoms with Crippen molar-refractivity contribution in [2.24, 2.45) is 5.10 Å². The monoisotopic (exact) mass is 466 g/mol. The second kappa shape index (κ2) is 11.4. The summed E-state index contributed by atoms with van der Waals surface area (Å²) < 4.78 is 38.2. The van der Waals surface area contributed by atoms with E-state index in [0.717, 1.165) is 46.7 Å². The third-order valence-corrected chi connectivity index (χ3v) is 6.45. The lowest BCUT2D eigenvalue weighted by Gasteiger charge is -2.19. The average Bonchev–Trinajstić information content (AvgIpc) is 2.71. The lowest BCUT2D eigenvalue weighted by Crippen LogP contribution is -2.15. The zero-order valence-corrected chi connectivity index (χ0v) is 19.6. The van der Waals surface area contributed by atoms with Gasteiger partial charge in [0.2, 0.25) is 0 Å². The molecule has 0 aliphatic rings. The van der Waals surface area contributed by atoms with Crippen molar-refractivity contribution in [3.8, 4) is 0 Å². The van der Waals surface area contributed by atoms with E-state index in [-0.39, 0.29) is 6.42 Å². The fourth-order valence-electron chi connectivity index (χ4n) is 3.28. The predicted molar refractivity (Wildman–Crippen MR) is 125 cm³/mol. The average molecular weight is 467 g/mol. The zero-order chi connectivity index (χ0) is 23.9. The number of carboxylic acid groups (broad SMARTS) is 1. The molecule has 174 valence electrons. The number of nitrogens with zero attached hydrogens (tertiary/aromatic N) is 2. The molecule has 0 aromatic heterocycles. The second-order valence-electron chi connectivity index (χ2n) is 7.74. The van der Waals surface area contributed by atoms with Gasteiger partial charge >= 0.3 is 12.1 Å². The number of rotatable bonds is 10. The Balaban J connectivity index is 2.01. The molecule has 0 aliphatic heterocycles. The van der Waals surface area contributed by atoms with E-state index in [9.17, 15) is 18.0 Å². The van der Waals surface area contributed by atoms with Gasteiger partial charge in [-0.2, -0.15) is 18.3 Å². The number of benzene rings is 2. The van der Waals surface area contributed by atoms with Crippen molar-refractivity contribution in [2.45, 2.75) is 62.8 Å². The first kappa shape index (κ1) is 25.8. The van der Waals surface area contributed by atoms with Crippen molar-refractivity contribution in [3.63, 3.8) is 0 Å². The molecule has 8 heteroatoms. The Morgan fingerprint density at radius 3 is 2.38 bits per heavy atom. The molecular formula is C24H29F3N2O2S. The smallest absolute Gasteiger partial charge is 0.416 e. The van der Waals surface area contributed by atoms with E-state index in [1.54, 1.807) is 23.8 Å². The van der Waals surface area contributed by atoms with Crippen molar-refractivity contribution < 1.29 is 23.1 Å². The van der Waals surface area contributed by atoms with Crippen LogP contribution in [0.2, 0.25) is 0 Å². The summed E-state index contributed by atoms with van der Waals surface area (Å²) in [5.41, 5.74) is 2.92. The van der Waals surface area contributed by atoms with Gasteiger partial charge in [-0.05, 0) is 80.6 Å². The number of hydrazone groups is 1. The van der Waals surface area contributed by atoms with Gasteiger partial charge < -0.3 is 5.11 Å². The van der Waals surface area contributed by atoms with Crippen LogP contribution in [0.15, 0.2) is 52.5 Å². The van der Waals surface area contributed by atoms with Crippen LogP contribution in [-0.4, -0.2) is 29.1 Å². The lowest BCUT2D eigenvalue weighted by molar-refractivity contribution is -0.138. The molecule has 2 rings (SSSR count). The van der Waals surface area contributed by atoms with Crippen LogP contribution in [-0.2, 0) is 17.4 Å². The van der Waals surface area contributed by atoms with Crippen LogP contribution in [0, 0.1) is 6.92 Å². The standard InChI is InChI=1S/C24H29F3N2O2S/c1-5-21(32-22-12-6-18(16(2)14-22)7-13-23(30)31)15-17(3)28-29(4)20-10-8-19(9-11-20)24(25,26)27/h6,8-12,14,21H,5,7,13,15H2,1-4H3,(H,30,31)/b28-17-. The minimum absolute atomic E-state index is 0.118. The highest BCUT2D eigenvalue weighted by atomic mass is 32.2. The van der Waals surface area contributed by atoms with Gasteiger partial charge in [0.05, 0.1) is 11.3 Å². The quantitative estimate of drug-likeness (QED) is 0.238. The molecule has 0 saturated carbocycles. The van der Waals surface area contributed by atoms with Crippen LogP contribution in [0.5, 0.6) is 0 Å². The second-order valence-corrected chi connectivity index (χ2v) is 9.11. The Labute approximate surface area is 191 Å². The highest BCUT2D eigenvalue weighted by Crippen LogP contribution is 2.31. The van der Waals surface area contributed by atoms with Crippen molar-refractivity contribution in [2.75, 3.05) is 12.1 Å². The van der Waals surface area contributed by atoms with E-state index < -0.39 is 17.7 Å². The topological polar surface area (TPSA) is 52.9 Å². The third-order valence-electron chi connectivity index (χ3n) is 5.09. The Morgan fingerprint density at radius 1 is 1.19 bits per heavy atom. The number of carboxylic acids is 1. The molecule has 2 aromatic rings. The Bertz CT molecular complexity index is 943. The largest absolute Gasteiger partial charge is 0.481 e. The number of aryl methyl sites for hydroxylation is 2. The molecule has 0 radical (unpaired) electrons. The Morgan fingerprint density at radius 2 is 1.84 bits per heavy atom. The molecule has 1 unspecified atom stereocenters. The summed E-state index contributed by atoms with van der Waals surface area (Å²) in [6, 6.07) is 11.1. The number of hydrogen-bond donors (Lipinski definition) is 1. The molecule has 0 fully saturated rings. The van der Waals surface area contributed by atoms with E-state index in [0.29, 0.717) is 17.4 Å². The van der Waals surface area contributed by atoms with E-state index in [1.165, 1.54) is 12.1 Å². The maximum absolute atomic E-state index is 12.7. The first-order valence-electron chi connectivity index (χ1n) is 10.4. The van der Waals surface area contributed by atoms with Crippen LogP contribution in [0.3, 0.4) is 0 Å². The fraction of sp³-hybridized carbons (Fsp3) is 0.417. The van der Waals surface area contributed by atoms with E-state index >= 15 is 0 Å². The van der Waals surface area contributed by atoms with Crippen LogP contribution < -0.4 is 5.01 Å². The van der Waals surface area contributed by atoms with Crippen molar-refractivity contribution in [1.29, 1.82) is 0 Å². The van der Waals surface area contributed by atoms with Crippen molar-refractivity contribution in [1.82, 2.24) is 0 Å². The molecule has 0 heterocycles. The zero-order valence-electron chi connectivity index (χ0n) is 18.7. The van der Waals surface area contributed by atoms with Gasteiger partial charge in [-0.1, -0.05) is 13.0 Å². The predicted octanol–water partition coefficient (Wildman–Crippen LogP) is 6.80. The SMILES string of the molecule is CCC(C/C(C)=N\N(C)c1ccc(C(F)(F)F)cc1)Sc1ccc(CCC(=O)O)c(C)c1. The van der Waals surface area contributed by atoms with Crippen molar-refractivity contribution in [3.05, 3.63) is 59.2 Å². The van der Waals surface area contributed by atoms with E-state index in [1.807, 2.05) is 26.0 Å². The van der Waals surface area contributed by atoms with Gasteiger partial charge in [0, 0.05) is 29.3 Å². The number of carbonyl (C=O) groups is 1. The molecule has 1 atom stereocenters. The molecule has 0 saturated heterocycles. The van der Waals surface area contributed by atoms with Crippen LogP contribution in [0.1, 0.15) is 49.8 Å². The molecule has 1 N–H and O–H groups in total. The number of anilines is 1. The summed E-state index contributed by atoms with van der Waals surface area (Å²) >= 11 is 1.75. The van der Waals surface area contributed by atoms with E-state index in [4.69, 9.17) is 5.11 Å². The maximum atomic E-state index is 12.7. The van der Waals surface area contributed by atoms with Crippen LogP contribution in [0.4, 0.5) is 18.9 Å². The Hall–Kier alpha value is -2.48. The minimum atomic E-state index is -4.35. The highest BCUT2D eigenvalue weighted by Gasteiger charge is 2.30. The summed E-state index contributed by atoms with van der Waals surface area (Å²) in [6.45, 7) is 6.02. The van der Waals surface area contributed by atoms with Gasteiger partial charge in [0.1, 0.15) is 0 Å². The normalized spacial score (nSPS) is 13.2. The molecule has 0 bridgehead atoms. The molecule has 0 amide bonds. The number of hydrogen-bond acceptors (Lipinski definition) is 4. The van der Waals surface area contributed by atoms with E-state index in [2.05, 4.69) is 18.1 Å². The Kier molecular flexibility index (Phi) is 9.19. The number of aliphatic carboxylic acids is 1. The van der Waals surface area contributed by atoms with Gasteiger partial charge in [-0.3, -0.25) is 9.80 Å². The summed E-state index contributed by atoms with van der Waals surface area (Å²) in [6.07, 6.45) is -2.04. The minimum Gasteiger partial charge on any atom is -0.481 e. The molecule has 2 aromatic carbocycles. The van der Waals surface area contributed by atoms with Crippen LogP contribution in [0.25, 0.3) is 0 Å². The summed E-state index contributed by atoms with van der Waals surface area (Å²) in [5, 5.41) is 15.3. The summed E-state index contributed by atoms with van der Waals surface area (Å²) in [7, 11) is 1.72. The number of thioether (sulfide) groups is 1. The van der Waals surface area contributed by atoms with Gasteiger partial charge in [0.15, 0.2) is 0 Å². The van der Waals surface area contributed by atoms with Gasteiger partial charge in [0.25, 0.3) is 0 Å². The molecule has 32 heavy (non-hydrogen) atoms. The fourth-order valence-corrected chi connectivity index (χ4v) is 4.54. The summed E-state index contributed by atoms with van der Waals surface area (Å²) in [5.74, 6) is -0.801. The lowest BCUT2D eigenvalue weighted by atomic mass is 10.0. The highest BCUT2D eigenvalue weighted by molar-refractivity contribution is 8.00. The third kappa shape index (κ3) is 7.89. The molecular weight excluding hydrogens is 437 g/mol.